The van der Waals surface area contributed by atoms with Gasteiger partial charge in [-0.05, 0) is 11.6 Å². The van der Waals surface area contributed by atoms with E-state index in [0.29, 0.717) is 23.1 Å². The predicted molar refractivity (Wildman–Crippen MR) is 76.3 cm³/mol. The average molecular weight is 297 g/mol. The second-order valence-corrected chi connectivity index (χ2v) is 4.50. The van der Waals surface area contributed by atoms with E-state index in [2.05, 4.69) is 15.6 Å². The molecule has 0 spiro atoms. The number of nitrogens with one attached hydrogen (secondary N) is 1. The second kappa shape index (κ2) is 7.12. The van der Waals surface area contributed by atoms with Crippen LogP contribution in [0.1, 0.15) is 5.56 Å². The Balaban J connectivity index is 1.92. The summed E-state index contributed by atoms with van der Waals surface area (Å²) in [6.07, 6.45) is 3.48. The maximum Gasteiger partial charge on any atom is 0.179 e. The van der Waals surface area contributed by atoms with Gasteiger partial charge in [0.25, 0.3) is 0 Å². The summed E-state index contributed by atoms with van der Waals surface area (Å²) in [5.74, 6) is 1.19. The van der Waals surface area contributed by atoms with E-state index >= 15 is 0 Å². The van der Waals surface area contributed by atoms with Gasteiger partial charge in [0.2, 0.25) is 0 Å². The Bertz CT molecular complexity index is 546. The molecule has 0 aliphatic heterocycles. The molecular weight excluding hydrogens is 280 g/mol. The first-order valence-corrected chi connectivity index (χ1v) is 6.58. The topological polar surface area (TPSA) is 61.2 Å². The minimum atomic E-state index is 0.560. The van der Waals surface area contributed by atoms with Gasteiger partial charge in [0.05, 0.1) is 32.0 Å². The van der Waals surface area contributed by atoms with Crippen LogP contribution in [0.5, 0.6) is 11.5 Å². The van der Waals surface area contributed by atoms with Gasteiger partial charge >= 0.3 is 0 Å². The highest BCUT2D eigenvalue weighted by molar-refractivity contribution is 6.33. The van der Waals surface area contributed by atoms with Crippen LogP contribution in [0, 0.1) is 0 Å². The molecule has 0 aliphatic carbocycles. The molecule has 7 heteroatoms. The Hall–Kier alpha value is -1.79. The van der Waals surface area contributed by atoms with Crippen LogP contribution in [0.2, 0.25) is 5.02 Å². The molecule has 1 aromatic heterocycles. The number of rotatable bonds is 7. The van der Waals surface area contributed by atoms with Gasteiger partial charge < -0.3 is 14.8 Å². The van der Waals surface area contributed by atoms with Crippen LogP contribution in [0.4, 0.5) is 0 Å². The van der Waals surface area contributed by atoms with Crippen molar-refractivity contribution >= 4 is 11.6 Å². The van der Waals surface area contributed by atoms with Crippen molar-refractivity contribution in [2.45, 2.75) is 13.1 Å². The fourth-order valence-corrected chi connectivity index (χ4v) is 2.14. The summed E-state index contributed by atoms with van der Waals surface area (Å²) < 4.78 is 12.2. The number of halogens is 1. The zero-order chi connectivity index (χ0) is 14.4. The molecule has 0 atom stereocenters. The largest absolute Gasteiger partial charge is 0.493 e. The molecule has 20 heavy (non-hydrogen) atoms. The van der Waals surface area contributed by atoms with E-state index in [4.69, 9.17) is 21.1 Å². The van der Waals surface area contributed by atoms with Crippen molar-refractivity contribution in [3.63, 3.8) is 0 Å². The van der Waals surface area contributed by atoms with Crippen molar-refractivity contribution in [3.8, 4) is 11.5 Å². The fourth-order valence-electron chi connectivity index (χ4n) is 1.84. The van der Waals surface area contributed by atoms with Gasteiger partial charge in [-0.2, -0.15) is 0 Å². The monoisotopic (exact) mass is 296 g/mol. The molecule has 0 aliphatic rings. The maximum atomic E-state index is 6.30. The zero-order valence-corrected chi connectivity index (χ0v) is 12.2. The molecule has 0 unspecified atom stereocenters. The Morgan fingerprint density at radius 1 is 1.30 bits per heavy atom. The molecule has 1 N–H and O–H groups in total. The molecule has 108 valence electrons. The van der Waals surface area contributed by atoms with Gasteiger partial charge in [0, 0.05) is 19.3 Å². The second-order valence-electron chi connectivity index (χ2n) is 4.12. The van der Waals surface area contributed by atoms with Crippen LogP contribution in [0.15, 0.2) is 24.5 Å². The van der Waals surface area contributed by atoms with Crippen molar-refractivity contribution in [2.24, 2.45) is 0 Å². The summed E-state index contributed by atoms with van der Waals surface area (Å²) in [5.41, 5.74) is 0.961. The quantitative estimate of drug-likeness (QED) is 0.789. The molecule has 6 nitrogen and oxygen atoms in total. The molecule has 0 bridgehead atoms. The van der Waals surface area contributed by atoms with Crippen LogP contribution >= 0.6 is 11.6 Å². The number of hydrogen-bond donors (Lipinski definition) is 1. The van der Waals surface area contributed by atoms with E-state index in [1.807, 2.05) is 18.3 Å². The normalized spacial score (nSPS) is 10.6. The first-order chi connectivity index (χ1) is 9.76. The number of hydrogen-bond acceptors (Lipinski definition) is 5. The number of aromatic nitrogens is 3. The van der Waals surface area contributed by atoms with Crippen LogP contribution in [0.25, 0.3) is 0 Å². The van der Waals surface area contributed by atoms with Crippen molar-refractivity contribution in [3.05, 3.63) is 35.1 Å². The van der Waals surface area contributed by atoms with Gasteiger partial charge in [-0.3, -0.25) is 4.68 Å². The lowest BCUT2D eigenvalue weighted by Crippen LogP contribution is -2.20. The van der Waals surface area contributed by atoms with E-state index in [0.717, 1.165) is 18.7 Å². The van der Waals surface area contributed by atoms with Crippen LogP contribution in [-0.4, -0.2) is 35.8 Å². The van der Waals surface area contributed by atoms with Gasteiger partial charge in [-0.1, -0.05) is 22.9 Å². The summed E-state index contributed by atoms with van der Waals surface area (Å²) in [4.78, 5) is 0. The first kappa shape index (κ1) is 14.6. The summed E-state index contributed by atoms with van der Waals surface area (Å²) in [5, 5.41) is 11.5. The van der Waals surface area contributed by atoms with Crippen molar-refractivity contribution < 1.29 is 9.47 Å². The van der Waals surface area contributed by atoms with Gasteiger partial charge in [0.1, 0.15) is 0 Å². The number of benzene rings is 1. The molecular formula is C13H17ClN4O2. The molecule has 0 fully saturated rings. The molecule has 0 radical (unpaired) electrons. The summed E-state index contributed by atoms with van der Waals surface area (Å²) in [6, 6.07) is 3.77. The third kappa shape index (κ3) is 3.40. The minimum Gasteiger partial charge on any atom is -0.493 e. The number of methoxy groups -OCH3 is 2. The number of ether oxygens (including phenoxy) is 2. The molecule has 1 heterocycles. The summed E-state index contributed by atoms with van der Waals surface area (Å²) in [6.45, 7) is 2.17. The van der Waals surface area contributed by atoms with Crippen LogP contribution in [0.3, 0.4) is 0 Å². The Morgan fingerprint density at radius 2 is 2.15 bits per heavy atom. The SMILES string of the molecule is COc1ccc(CNCCn2ccnn2)c(Cl)c1OC. The molecule has 0 amide bonds. The van der Waals surface area contributed by atoms with Gasteiger partial charge in [-0.25, -0.2) is 0 Å². The number of nitrogens with zero attached hydrogens (tertiary/aromatic N) is 3. The highest BCUT2D eigenvalue weighted by Crippen LogP contribution is 2.37. The van der Waals surface area contributed by atoms with E-state index in [9.17, 15) is 0 Å². The van der Waals surface area contributed by atoms with E-state index in [-0.39, 0.29) is 0 Å². The highest BCUT2D eigenvalue weighted by atomic mass is 35.5. The third-order valence-corrected chi connectivity index (χ3v) is 3.28. The molecule has 1 aromatic carbocycles. The average Bonchev–Trinajstić information content (AvgIpc) is 2.97. The summed E-state index contributed by atoms with van der Waals surface area (Å²) in [7, 11) is 3.16. The first-order valence-electron chi connectivity index (χ1n) is 6.20. The van der Waals surface area contributed by atoms with E-state index in [1.165, 1.54) is 0 Å². The van der Waals surface area contributed by atoms with Crippen molar-refractivity contribution in [2.75, 3.05) is 20.8 Å². The molecule has 0 saturated carbocycles. The fraction of sp³-hybridized carbons (Fsp3) is 0.385. The lowest BCUT2D eigenvalue weighted by atomic mass is 10.2. The van der Waals surface area contributed by atoms with E-state index in [1.54, 1.807) is 25.1 Å². The van der Waals surface area contributed by atoms with Crippen molar-refractivity contribution in [1.29, 1.82) is 0 Å². The standard InChI is InChI=1S/C13H17ClN4O2/c1-19-11-4-3-10(12(14)13(11)20-2)9-15-5-7-18-8-6-16-17-18/h3-4,6,8,15H,5,7,9H2,1-2H3. The summed E-state index contributed by atoms with van der Waals surface area (Å²) >= 11 is 6.30. The molecule has 2 aromatic rings. The lowest BCUT2D eigenvalue weighted by Gasteiger charge is -2.13. The van der Waals surface area contributed by atoms with Crippen molar-refractivity contribution in [1.82, 2.24) is 20.3 Å². The van der Waals surface area contributed by atoms with E-state index < -0.39 is 0 Å². The van der Waals surface area contributed by atoms with Gasteiger partial charge in [-0.15, -0.1) is 5.10 Å². The van der Waals surface area contributed by atoms with Crippen LogP contribution < -0.4 is 14.8 Å². The van der Waals surface area contributed by atoms with Crippen LogP contribution in [-0.2, 0) is 13.1 Å². The maximum absolute atomic E-state index is 6.30. The highest BCUT2D eigenvalue weighted by Gasteiger charge is 2.12. The molecule has 2 rings (SSSR count). The Kier molecular flexibility index (Phi) is 5.20. The Morgan fingerprint density at radius 3 is 2.80 bits per heavy atom. The predicted octanol–water partition coefficient (Wildman–Crippen LogP) is 1.74. The Labute approximate surface area is 122 Å². The van der Waals surface area contributed by atoms with Gasteiger partial charge in [0.15, 0.2) is 11.5 Å². The third-order valence-electron chi connectivity index (χ3n) is 2.87. The smallest absolute Gasteiger partial charge is 0.179 e. The minimum absolute atomic E-state index is 0.560. The lowest BCUT2D eigenvalue weighted by molar-refractivity contribution is 0.354. The molecule has 0 saturated heterocycles. The zero-order valence-electron chi connectivity index (χ0n) is 11.5.